The molecule has 0 radical (unpaired) electrons. The second kappa shape index (κ2) is 5.95. The lowest BCUT2D eigenvalue weighted by molar-refractivity contribution is 0.0809. The number of nitrogens with zero attached hydrogens (tertiary/aromatic N) is 1. The Kier molecular flexibility index (Phi) is 4.86. The lowest BCUT2D eigenvalue weighted by Gasteiger charge is -2.06. The van der Waals surface area contributed by atoms with Gasteiger partial charge in [-0.3, -0.25) is 0 Å². The van der Waals surface area contributed by atoms with E-state index in [1.165, 1.54) is 0 Å². The molecule has 0 bridgehead atoms. The van der Waals surface area contributed by atoms with Crippen LogP contribution in [0.4, 0.5) is 0 Å². The Bertz CT molecular complexity index is 293. The summed E-state index contributed by atoms with van der Waals surface area (Å²) in [5.74, 6) is 0.691. The van der Waals surface area contributed by atoms with Gasteiger partial charge in [0, 0.05) is 5.56 Å². The van der Waals surface area contributed by atoms with Crippen molar-refractivity contribution < 1.29 is 14.6 Å². The predicted molar refractivity (Wildman–Crippen MR) is 55.2 cm³/mol. The molecule has 0 aliphatic rings. The van der Waals surface area contributed by atoms with Crippen molar-refractivity contribution >= 4 is 15.9 Å². The molecule has 1 heterocycles. The monoisotopic (exact) mass is 261 g/mol. The molecule has 0 spiro atoms. The van der Waals surface area contributed by atoms with E-state index in [1.807, 2.05) is 6.07 Å². The Hall–Kier alpha value is -0.650. The molecule has 78 valence electrons. The van der Waals surface area contributed by atoms with Crippen molar-refractivity contribution in [3.8, 4) is 5.75 Å². The number of rotatable bonds is 5. The predicted octanol–water partition coefficient (Wildman–Crippen LogP) is 1.36. The first kappa shape index (κ1) is 11.4. The van der Waals surface area contributed by atoms with Gasteiger partial charge in [0.15, 0.2) is 0 Å². The molecule has 1 aromatic heterocycles. The minimum Gasteiger partial charge on any atom is -0.495 e. The summed E-state index contributed by atoms with van der Waals surface area (Å²) in [5, 5.41) is 8.54. The second-order valence-corrected chi connectivity index (χ2v) is 3.35. The van der Waals surface area contributed by atoms with E-state index in [-0.39, 0.29) is 6.61 Å². The molecular formula is C9H12BrNO3. The zero-order chi connectivity index (χ0) is 10.4. The quantitative estimate of drug-likeness (QED) is 0.643. The van der Waals surface area contributed by atoms with Crippen LogP contribution in [0.5, 0.6) is 5.75 Å². The highest BCUT2D eigenvalue weighted by atomic mass is 79.9. The van der Waals surface area contributed by atoms with Crippen LogP contribution in [0.3, 0.4) is 0 Å². The summed E-state index contributed by atoms with van der Waals surface area (Å²) in [6.45, 7) is 0.754. The molecule has 1 rings (SSSR count). The number of pyridine rings is 1. The largest absolute Gasteiger partial charge is 0.495 e. The first-order valence-corrected chi connectivity index (χ1v) is 4.94. The summed E-state index contributed by atoms with van der Waals surface area (Å²) in [4.78, 5) is 4.08. The molecule has 1 aromatic rings. The number of halogens is 1. The third-order valence-electron chi connectivity index (χ3n) is 1.62. The summed E-state index contributed by atoms with van der Waals surface area (Å²) in [7, 11) is 1.59. The molecule has 1 N–H and O–H groups in total. The van der Waals surface area contributed by atoms with Gasteiger partial charge in [0.2, 0.25) is 0 Å². The summed E-state index contributed by atoms with van der Waals surface area (Å²) in [6, 6.07) is 1.84. The summed E-state index contributed by atoms with van der Waals surface area (Å²) >= 11 is 3.30. The van der Waals surface area contributed by atoms with Crippen molar-refractivity contribution in [2.24, 2.45) is 0 Å². The van der Waals surface area contributed by atoms with Crippen molar-refractivity contribution in [3.05, 3.63) is 22.4 Å². The van der Waals surface area contributed by atoms with E-state index >= 15 is 0 Å². The fourth-order valence-corrected chi connectivity index (χ4v) is 1.26. The average molecular weight is 262 g/mol. The van der Waals surface area contributed by atoms with E-state index < -0.39 is 0 Å². The van der Waals surface area contributed by atoms with Crippen LogP contribution in [0.25, 0.3) is 0 Å². The second-order valence-electron chi connectivity index (χ2n) is 2.60. The average Bonchev–Trinajstić information content (AvgIpc) is 2.21. The maximum Gasteiger partial charge on any atom is 0.137 e. The van der Waals surface area contributed by atoms with Gasteiger partial charge in [-0.1, -0.05) is 0 Å². The SMILES string of the molecule is COc1cnc(Br)c(COCCO)c1. The number of methoxy groups -OCH3 is 1. The van der Waals surface area contributed by atoms with Crippen LogP contribution >= 0.6 is 15.9 Å². The van der Waals surface area contributed by atoms with E-state index in [9.17, 15) is 0 Å². The summed E-state index contributed by atoms with van der Waals surface area (Å²) in [5.41, 5.74) is 0.901. The fourth-order valence-electron chi connectivity index (χ4n) is 0.931. The van der Waals surface area contributed by atoms with Crippen LogP contribution in [0.15, 0.2) is 16.9 Å². The van der Waals surface area contributed by atoms with Gasteiger partial charge in [0.1, 0.15) is 10.4 Å². The Labute approximate surface area is 91.0 Å². The number of aliphatic hydroxyl groups excluding tert-OH is 1. The number of aliphatic hydroxyl groups is 1. The smallest absolute Gasteiger partial charge is 0.137 e. The molecule has 4 nitrogen and oxygen atoms in total. The summed E-state index contributed by atoms with van der Waals surface area (Å²) in [6.07, 6.45) is 1.62. The van der Waals surface area contributed by atoms with Gasteiger partial charge in [-0.25, -0.2) is 4.98 Å². The Morgan fingerprint density at radius 3 is 3.00 bits per heavy atom. The van der Waals surface area contributed by atoms with Crippen LogP contribution < -0.4 is 4.74 Å². The van der Waals surface area contributed by atoms with Crippen molar-refractivity contribution in [1.82, 2.24) is 4.98 Å². The first-order valence-electron chi connectivity index (χ1n) is 4.15. The van der Waals surface area contributed by atoms with Crippen LogP contribution in [0, 0.1) is 0 Å². The van der Waals surface area contributed by atoms with Crippen LogP contribution in [-0.4, -0.2) is 30.4 Å². The number of hydrogen-bond donors (Lipinski definition) is 1. The van der Waals surface area contributed by atoms with Gasteiger partial charge in [-0.15, -0.1) is 0 Å². The molecule has 0 aliphatic heterocycles. The molecule has 0 aliphatic carbocycles. The number of hydrogen-bond acceptors (Lipinski definition) is 4. The number of aromatic nitrogens is 1. The van der Waals surface area contributed by atoms with E-state index in [0.29, 0.717) is 19.0 Å². The minimum atomic E-state index is 0.0228. The lowest BCUT2D eigenvalue weighted by Crippen LogP contribution is -2.01. The minimum absolute atomic E-state index is 0.0228. The highest BCUT2D eigenvalue weighted by Crippen LogP contribution is 2.19. The van der Waals surface area contributed by atoms with Gasteiger partial charge >= 0.3 is 0 Å². The van der Waals surface area contributed by atoms with Gasteiger partial charge < -0.3 is 14.6 Å². The molecule has 0 aromatic carbocycles. The zero-order valence-electron chi connectivity index (χ0n) is 7.86. The van der Waals surface area contributed by atoms with Crippen molar-refractivity contribution in [3.63, 3.8) is 0 Å². The van der Waals surface area contributed by atoms with Gasteiger partial charge in [0.25, 0.3) is 0 Å². The highest BCUT2D eigenvalue weighted by molar-refractivity contribution is 9.10. The molecule has 14 heavy (non-hydrogen) atoms. The van der Waals surface area contributed by atoms with E-state index in [1.54, 1.807) is 13.3 Å². The maximum atomic E-state index is 8.54. The van der Waals surface area contributed by atoms with Gasteiger partial charge in [0.05, 0.1) is 33.1 Å². The van der Waals surface area contributed by atoms with Crippen LogP contribution in [-0.2, 0) is 11.3 Å². The van der Waals surface area contributed by atoms with E-state index in [0.717, 1.165) is 10.2 Å². The first-order chi connectivity index (χ1) is 6.77. The van der Waals surface area contributed by atoms with E-state index in [2.05, 4.69) is 20.9 Å². The van der Waals surface area contributed by atoms with Crippen molar-refractivity contribution in [2.45, 2.75) is 6.61 Å². The topological polar surface area (TPSA) is 51.6 Å². The lowest BCUT2D eigenvalue weighted by atomic mass is 10.3. The van der Waals surface area contributed by atoms with Gasteiger partial charge in [-0.05, 0) is 22.0 Å². The Morgan fingerprint density at radius 2 is 2.36 bits per heavy atom. The van der Waals surface area contributed by atoms with Crippen LogP contribution in [0.2, 0.25) is 0 Å². The molecule has 0 saturated carbocycles. The van der Waals surface area contributed by atoms with Crippen LogP contribution in [0.1, 0.15) is 5.56 Å². The molecule has 0 fully saturated rings. The molecular weight excluding hydrogens is 250 g/mol. The number of ether oxygens (including phenoxy) is 2. The Morgan fingerprint density at radius 1 is 1.57 bits per heavy atom. The van der Waals surface area contributed by atoms with Crippen molar-refractivity contribution in [1.29, 1.82) is 0 Å². The third-order valence-corrected chi connectivity index (χ3v) is 2.33. The van der Waals surface area contributed by atoms with Gasteiger partial charge in [-0.2, -0.15) is 0 Å². The summed E-state index contributed by atoms with van der Waals surface area (Å²) < 4.78 is 10.9. The molecule has 0 saturated heterocycles. The standard InChI is InChI=1S/C9H12BrNO3/c1-13-8-4-7(6-14-3-2-12)9(10)11-5-8/h4-5,12H,2-3,6H2,1H3. The fraction of sp³-hybridized carbons (Fsp3) is 0.444. The molecule has 0 unspecified atom stereocenters. The maximum absolute atomic E-state index is 8.54. The third kappa shape index (κ3) is 3.25. The molecule has 5 heteroatoms. The van der Waals surface area contributed by atoms with Crippen molar-refractivity contribution in [2.75, 3.05) is 20.3 Å². The zero-order valence-corrected chi connectivity index (χ0v) is 9.45. The molecule has 0 atom stereocenters. The molecule has 0 amide bonds. The normalized spacial score (nSPS) is 10.2. The van der Waals surface area contributed by atoms with E-state index in [4.69, 9.17) is 14.6 Å². The highest BCUT2D eigenvalue weighted by Gasteiger charge is 2.03. The Balaban J connectivity index is 2.64.